The van der Waals surface area contributed by atoms with Crippen LogP contribution >= 0.6 is 0 Å². The molecule has 28 heavy (non-hydrogen) atoms. The van der Waals surface area contributed by atoms with Gasteiger partial charge in [-0.3, -0.25) is 9.69 Å². The van der Waals surface area contributed by atoms with Gasteiger partial charge >= 0.3 is 12.3 Å². The van der Waals surface area contributed by atoms with Gasteiger partial charge in [-0.15, -0.1) is 13.2 Å². The second-order valence-corrected chi connectivity index (χ2v) is 5.97. The van der Waals surface area contributed by atoms with E-state index in [1.165, 1.54) is 19.2 Å². The molecule has 0 saturated heterocycles. The first-order valence-corrected chi connectivity index (χ1v) is 8.09. The third-order valence-electron chi connectivity index (χ3n) is 3.59. The van der Waals surface area contributed by atoms with E-state index < -0.39 is 12.3 Å². The van der Waals surface area contributed by atoms with Crippen LogP contribution in [-0.2, 0) is 16.1 Å². The number of nitrogens with one attached hydrogen (secondary N) is 1. The van der Waals surface area contributed by atoms with E-state index >= 15 is 0 Å². The molecule has 152 valence electrons. The highest BCUT2D eigenvalue weighted by Gasteiger charge is 2.31. The zero-order valence-corrected chi connectivity index (χ0v) is 15.4. The monoisotopic (exact) mass is 400 g/mol. The highest BCUT2D eigenvalue weighted by atomic mass is 19.4. The molecule has 10 heteroatoms. The summed E-state index contributed by atoms with van der Waals surface area (Å²) >= 11 is 0. The van der Waals surface area contributed by atoms with Crippen molar-refractivity contribution in [2.75, 3.05) is 26.0 Å². The SMILES string of the molecule is COC(=O)c1cc(CN(C)CC(=O)Nc2ccc(OC(F)(F)F)cc2)oc1C. The van der Waals surface area contributed by atoms with E-state index in [9.17, 15) is 22.8 Å². The molecule has 0 aliphatic carbocycles. The molecule has 2 rings (SSSR count). The number of alkyl halides is 3. The molecule has 1 heterocycles. The van der Waals surface area contributed by atoms with Crippen molar-refractivity contribution >= 4 is 17.6 Å². The van der Waals surface area contributed by atoms with Gasteiger partial charge in [0.05, 0.1) is 20.2 Å². The summed E-state index contributed by atoms with van der Waals surface area (Å²) in [6.07, 6.45) is -4.77. The van der Waals surface area contributed by atoms with Gasteiger partial charge in [0.2, 0.25) is 5.91 Å². The number of amides is 1. The zero-order valence-electron chi connectivity index (χ0n) is 15.4. The molecular formula is C18H19F3N2O5. The molecule has 0 unspecified atom stereocenters. The van der Waals surface area contributed by atoms with Crippen molar-refractivity contribution < 1.29 is 36.7 Å². The molecule has 0 fully saturated rings. The molecular weight excluding hydrogens is 381 g/mol. The first-order valence-electron chi connectivity index (χ1n) is 8.09. The largest absolute Gasteiger partial charge is 0.573 e. The van der Waals surface area contributed by atoms with Crippen LogP contribution in [0.2, 0.25) is 0 Å². The van der Waals surface area contributed by atoms with Gasteiger partial charge in [0.1, 0.15) is 22.8 Å². The minimum atomic E-state index is -4.77. The zero-order chi connectivity index (χ0) is 20.9. The number of methoxy groups -OCH3 is 1. The van der Waals surface area contributed by atoms with Crippen LogP contribution in [0.4, 0.5) is 18.9 Å². The summed E-state index contributed by atoms with van der Waals surface area (Å²) < 4.78 is 50.3. The Labute approximate surface area is 159 Å². The highest BCUT2D eigenvalue weighted by Crippen LogP contribution is 2.24. The lowest BCUT2D eigenvalue weighted by Gasteiger charge is -2.15. The average molecular weight is 400 g/mol. The van der Waals surface area contributed by atoms with Gasteiger partial charge in [-0.2, -0.15) is 0 Å². The van der Waals surface area contributed by atoms with Crippen LogP contribution in [0.3, 0.4) is 0 Å². The van der Waals surface area contributed by atoms with Gasteiger partial charge in [-0.25, -0.2) is 4.79 Å². The lowest BCUT2D eigenvalue weighted by Crippen LogP contribution is -2.29. The molecule has 0 spiro atoms. The van der Waals surface area contributed by atoms with Crippen molar-refractivity contribution in [3.8, 4) is 5.75 Å². The molecule has 0 bridgehead atoms. The third kappa shape index (κ3) is 6.31. The second-order valence-electron chi connectivity index (χ2n) is 5.97. The Morgan fingerprint density at radius 2 is 1.86 bits per heavy atom. The number of hydrogen-bond acceptors (Lipinski definition) is 6. The van der Waals surface area contributed by atoms with Crippen LogP contribution in [-0.4, -0.2) is 43.8 Å². The summed E-state index contributed by atoms with van der Waals surface area (Å²) in [5.41, 5.74) is 0.645. The third-order valence-corrected chi connectivity index (χ3v) is 3.59. The lowest BCUT2D eigenvalue weighted by atomic mass is 10.2. The Morgan fingerprint density at radius 1 is 1.21 bits per heavy atom. The predicted octanol–water partition coefficient (Wildman–Crippen LogP) is 3.34. The fraction of sp³-hybridized carbons (Fsp3) is 0.333. The molecule has 0 saturated carbocycles. The molecule has 1 amide bonds. The fourth-order valence-corrected chi connectivity index (χ4v) is 2.44. The maximum Gasteiger partial charge on any atom is 0.573 e. The van der Waals surface area contributed by atoms with E-state index in [2.05, 4.69) is 14.8 Å². The van der Waals surface area contributed by atoms with Crippen LogP contribution in [0.5, 0.6) is 5.75 Å². The quantitative estimate of drug-likeness (QED) is 0.718. The molecule has 1 aromatic heterocycles. The van der Waals surface area contributed by atoms with Crippen molar-refractivity contribution in [3.05, 3.63) is 47.4 Å². The Bertz CT molecular complexity index is 831. The van der Waals surface area contributed by atoms with Crippen LogP contribution in [0, 0.1) is 6.92 Å². The van der Waals surface area contributed by atoms with Crippen LogP contribution in [0.1, 0.15) is 21.9 Å². The topological polar surface area (TPSA) is 81.0 Å². The number of hydrogen-bond donors (Lipinski definition) is 1. The fourth-order valence-electron chi connectivity index (χ4n) is 2.44. The molecule has 1 aromatic carbocycles. The first kappa shape index (κ1) is 21.3. The van der Waals surface area contributed by atoms with Crippen molar-refractivity contribution in [2.24, 2.45) is 0 Å². The van der Waals surface area contributed by atoms with Crippen molar-refractivity contribution in [1.29, 1.82) is 0 Å². The van der Waals surface area contributed by atoms with Gasteiger partial charge < -0.3 is 19.2 Å². The van der Waals surface area contributed by atoms with Gasteiger partial charge in [-0.05, 0) is 44.3 Å². The van der Waals surface area contributed by atoms with E-state index in [0.29, 0.717) is 22.8 Å². The molecule has 0 radical (unpaired) electrons. The number of benzene rings is 1. The molecule has 7 nitrogen and oxygen atoms in total. The van der Waals surface area contributed by atoms with Gasteiger partial charge in [-0.1, -0.05) is 0 Å². The van der Waals surface area contributed by atoms with Crippen LogP contribution in [0.25, 0.3) is 0 Å². The minimum Gasteiger partial charge on any atom is -0.465 e. The van der Waals surface area contributed by atoms with Gasteiger partial charge in [0.25, 0.3) is 0 Å². The summed E-state index contributed by atoms with van der Waals surface area (Å²) in [5.74, 6) is -0.353. The smallest absolute Gasteiger partial charge is 0.465 e. The normalized spacial score (nSPS) is 11.4. The van der Waals surface area contributed by atoms with Crippen molar-refractivity contribution in [3.63, 3.8) is 0 Å². The summed E-state index contributed by atoms with van der Waals surface area (Å²) in [4.78, 5) is 25.3. The van der Waals surface area contributed by atoms with E-state index in [1.54, 1.807) is 24.9 Å². The van der Waals surface area contributed by atoms with E-state index in [4.69, 9.17) is 4.42 Å². The summed E-state index contributed by atoms with van der Waals surface area (Å²) in [6, 6.07) is 6.36. The predicted molar refractivity (Wildman–Crippen MR) is 92.9 cm³/mol. The van der Waals surface area contributed by atoms with Crippen LogP contribution < -0.4 is 10.1 Å². The van der Waals surface area contributed by atoms with Crippen molar-refractivity contribution in [1.82, 2.24) is 4.90 Å². The Balaban J connectivity index is 1.88. The standard InChI is InChI=1S/C18H19F3N2O5/c1-11-15(17(25)26-3)8-14(27-11)9-23(2)10-16(24)22-12-4-6-13(7-5-12)28-18(19,20)21/h4-8H,9-10H2,1-3H3,(H,22,24). The maximum absolute atomic E-state index is 12.1. The number of rotatable bonds is 7. The Kier molecular flexibility index (Phi) is 6.68. The summed E-state index contributed by atoms with van der Waals surface area (Å²) in [5, 5.41) is 2.57. The number of anilines is 1. The molecule has 0 aliphatic heterocycles. The van der Waals surface area contributed by atoms with E-state index in [-0.39, 0.29) is 24.7 Å². The summed E-state index contributed by atoms with van der Waals surface area (Å²) in [7, 11) is 2.95. The number of aryl methyl sites for hydroxylation is 1. The molecule has 0 atom stereocenters. The molecule has 0 aliphatic rings. The first-order chi connectivity index (χ1) is 13.1. The summed E-state index contributed by atoms with van der Waals surface area (Å²) in [6.45, 7) is 1.90. The number of carbonyl (C=O) groups is 2. The van der Waals surface area contributed by atoms with Crippen LogP contribution in [0.15, 0.2) is 34.7 Å². The average Bonchev–Trinajstić information content (AvgIpc) is 2.94. The van der Waals surface area contributed by atoms with E-state index in [1.807, 2.05) is 0 Å². The van der Waals surface area contributed by atoms with Gasteiger partial charge in [0.15, 0.2) is 0 Å². The lowest BCUT2D eigenvalue weighted by molar-refractivity contribution is -0.274. The number of nitrogens with zero attached hydrogens (tertiary/aromatic N) is 1. The van der Waals surface area contributed by atoms with Crippen molar-refractivity contribution in [2.45, 2.75) is 19.8 Å². The Morgan fingerprint density at radius 3 is 2.43 bits per heavy atom. The number of ether oxygens (including phenoxy) is 2. The number of likely N-dealkylation sites (N-methyl/N-ethyl adjacent to an activating group) is 1. The molecule has 2 aromatic rings. The van der Waals surface area contributed by atoms with Gasteiger partial charge in [0, 0.05) is 5.69 Å². The highest BCUT2D eigenvalue weighted by molar-refractivity contribution is 5.92. The number of carbonyl (C=O) groups excluding carboxylic acids is 2. The number of furan rings is 1. The Hall–Kier alpha value is -3.01. The minimum absolute atomic E-state index is 0.00585. The molecule has 1 N–H and O–H groups in total. The maximum atomic E-state index is 12.1. The number of esters is 1. The second kappa shape index (κ2) is 8.79. The van der Waals surface area contributed by atoms with E-state index in [0.717, 1.165) is 12.1 Å². The number of halogens is 3.